The van der Waals surface area contributed by atoms with Crippen LogP contribution < -0.4 is 9.46 Å². The van der Waals surface area contributed by atoms with Crippen LogP contribution in [0.5, 0.6) is 5.75 Å². The molecule has 11 nitrogen and oxygen atoms in total. The van der Waals surface area contributed by atoms with Crippen molar-refractivity contribution in [2.24, 2.45) is 5.92 Å². The van der Waals surface area contributed by atoms with Crippen LogP contribution in [0.3, 0.4) is 0 Å². The molecule has 1 saturated carbocycles. The molecule has 2 atom stereocenters. The first-order chi connectivity index (χ1) is 14.8. The number of benzene rings is 1. The summed E-state index contributed by atoms with van der Waals surface area (Å²) in [5.74, 6) is 0.256. The van der Waals surface area contributed by atoms with E-state index in [9.17, 15) is 23.6 Å². The number of hydrogen-bond donors (Lipinski definition) is 2. The van der Waals surface area contributed by atoms with E-state index < -0.39 is 33.0 Å². The van der Waals surface area contributed by atoms with E-state index in [-0.39, 0.29) is 35.9 Å². The lowest BCUT2D eigenvalue weighted by Gasteiger charge is -2.27. The van der Waals surface area contributed by atoms with Crippen molar-refractivity contribution in [1.82, 2.24) is 4.72 Å². The molecule has 2 N–H and O–H groups in total. The second-order valence-electron chi connectivity index (χ2n) is 7.63. The number of nitrogens with zero attached hydrogens (tertiary/aromatic N) is 1. The Balaban J connectivity index is 1.67. The summed E-state index contributed by atoms with van der Waals surface area (Å²) in [6, 6.07) is 3.39. The molecule has 12 heteroatoms. The lowest BCUT2D eigenvalue weighted by molar-refractivity contribution is -0.386. The van der Waals surface area contributed by atoms with Gasteiger partial charge in [0.25, 0.3) is 0 Å². The summed E-state index contributed by atoms with van der Waals surface area (Å²) in [6.45, 7) is 0.924. The molecular weight excluding hydrogens is 432 g/mol. The van der Waals surface area contributed by atoms with Crippen LogP contribution in [0.1, 0.15) is 25.7 Å². The summed E-state index contributed by atoms with van der Waals surface area (Å²) < 4.78 is 48.7. The van der Waals surface area contributed by atoms with Gasteiger partial charge in [-0.25, -0.2) is 8.42 Å². The molecule has 3 rings (SSSR count). The largest absolute Gasteiger partial charge is 0.487 e. The van der Waals surface area contributed by atoms with E-state index in [4.69, 9.17) is 18.9 Å². The van der Waals surface area contributed by atoms with Crippen molar-refractivity contribution in [1.29, 1.82) is 0 Å². The van der Waals surface area contributed by atoms with Crippen molar-refractivity contribution in [3.63, 3.8) is 0 Å². The average Bonchev–Trinajstić information content (AvgIpc) is 2.78. The van der Waals surface area contributed by atoms with Crippen molar-refractivity contribution in [2.75, 3.05) is 33.5 Å². The number of rotatable bonds is 9. The summed E-state index contributed by atoms with van der Waals surface area (Å²) in [5, 5.41) is 21.6. The van der Waals surface area contributed by atoms with Crippen LogP contribution in [-0.4, -0.2) is 70.4 Å². The molecule has 0 bridgehead atoms. The van der Waals surface area contributed by atoms with Gasteiger partial charge in [-0.3, -0.25) is 10.1 Å². The normalized spacial score (nSPS) is 25.7. The van der Waals surface area contributed by atoms with Crippen LogP contribution in [0.2, 0.25) is 0 Å². The third-order valence-corrected chi connectivity index (χ3v) is 6.94. The first-order valence-corrected chi connectivity index (χ1v) is 11.6. The molecule has 1 aromatic carbocycles. The highest BCUT2D eigenvalue weighted by Crippen LogP contribution is 2.32. The molecular formula is C19H28N2O9S. The maximum atomic E-state index is 12.6. The topological polar surface area (TPSA) is 146 Å². The molecule has 2 fully saturated rings. The molecule has 0 amide bonds. The Morgan fingerprint density at radius 2 is 2.03 bits per heavy atom. The van der Waals surface area contributed by atoms with Crippen molar-refractivity contribution >= 4 is 15.7 Å². The van der Waals surface area contributed by atoms with E-state index in [1.165, 1.54) is 12.1 Å². The van der Waals surface area contributed by atoms with Crippen LogP contribution in [0.25, 0.3) is 0 Å². The predicted octanol–water partition coefficient (Wildman–Crippen LogP) is 1.19. The van der Waals surface area contributed by atoms with Gasteiger partial charge in [-0.2, -0.15) is 4.72 Å². The fourth-order valence-corrected chi connectivity index (χ4v) is 4.78. The van der Waals surface area contributed by atoms with E-state index in [1.807, 2.05) is 0 Å². The summed E-state index contributed by atoms with van der Waals surface area (Å²) >= 11 is 0. The van der Waals surface area contributed by atoms with Gasteiger partial charge in [0, 0.05) is 13.2 Å². The first kappa shape index (κ1) is 23.8. The second kappa shape index (κ2) is 10.7. The molecule has 1 aromatic rings. The molecule has 1 aliphatic carbocycles. The number of nitro benzene ring substituents is 1. The average molecular weight is 461 g/mol. The third-order valence-electron chi connectivity index (χ3n) is 5.51. The molecule has 1 heterocycles. The van der Waals surface area contributed by atoms with Crippen molar-refractivity contribution in [3.05, 3.63) is 28.3 Å². The van der Waals surface area contributed by atoms with E-state index >= 15 is 0 Å². The minimum Gasteiger partial charge on any atom is -0.487 e. The van der Waals surface area contributed by atoms with Gasteiger partial charge >= 0.3 is 5.69 Å². The SMILES string of the molecule is COC1CCC(COc2ccc(S(=O)(=O)NC(O)C3COCCO3)cc2[N+](=O)[O-])CC1. The van der Waals surface area contributed by atoms with Crippen LogP contribution >= 0.6 is 0 Å². The number of hydrogen-bond acceptors (Lipinski definition) is 9. The summed E-state index contributed by atoms with van der Waals surface area (Å²) in [5.41, 5.74) is -0.458. The molecule has 0 radical (unpaired) electrons. The highest BCUT2D eigenvalue weighted by molar-refractivity contribution is 7.89. The van der Waals surface area contributed by atoms with Gasteiger partial charge in [0.2, 0.25) is 10.0 Å². The highest BCUT2D eigenvalue weighted by Gasteiger charge is 2.30. The Hall–Kier alpha value is -1.83. The van der Waals surface area contributed by atoms with Gasteiger partial charge in [0.05, 0.1) is 42.4 Å². The Kier molecular flexibility index (Phi) is 8.19. The molecule has 31 heavy (non-hydrogen) atoms. The predicted molar refractivity (Wildman–Crippen MR) is 108 cm³/mol. The maximum absolute atomic E-state index is 12.6. The fourth-order valence-electron chi connectivity index (χ4n) is 3.66. The van der Waals surface area contributed by atoms with E-state index in [0.29, 0.717) is 13.2 Å². The zero-order valence-electron chi connectivity index (χ0n) is 17.3. The molecule has 1 aliphatic heterocycles. The van der Waals surface area contributed by atoms with Crippen LogP contribution in [0.15, 0.2) is 23.1 Å². The van der Waals surface area contributed by atoms with Crippen LogP contribution in [0, 0.1) is 16.0 Å². The quantitative estimate of drug-likeness (QED) is 0.315. The van der Waals surface area contributed by atoms with Gasteiger partial charge in [-0.1, -0.05) is 0 Å². The summed E-state index contributed by atoms with van der Waals surface area (Å²) in [6.07, 6.45) is 1.43. The number of nitrogens with one attached hydrogen (secondary N) is 1. The molecule has 174 valence electrons. The van der Waals surface area contributed by atoms with Gasteiger partial charge in [-0.05, 0) is 43.7 Å². The van der Waals surface area contributed by atoms with Crippen LogP contribution in [-0.2, 0) is 24.2 Å². The van der Waals surface area contributed by atoms with Crippen molar-refractivity contribution in [2.45, 2.75) is 49.0 Å². The Morgan fingerprint density at radius 3 is 2.65 bits per heavy atom. The Bertz CT molecular complexity index is 850. The zero-order valence-corrected chi connectivity index (χ0v) is 18.1. The lowest BCUT2D eigenvalue weighted by Crippen LogP contribution is -2.48. The number of methoxy groups -OCH3 is 1. The molecule has 0 spiro atoms. The monoisotopic (exact) mass is 460 g/mol. The minimum absolute atomic E-state index is 0.00220. The molecule has 2 aliphatic rings. The molecule has 1 saturated heterocycles. The molecule has 0 aromatic heterocycles. The first-order valence-electron chi connectivity index (χ1n) is 10.1. The summed E-state index contributed by atoms with van der Waals surface area (Å²) in [7, 11) is -2.55. The van der Waals surface area contributed by atoms with E-state index in [0.717, 1.165) is 31.7 Å². The van der Waals surface area contributed by atoms with Gasteiger partial charge in [0.15, 0.2) is 5.75 Å². The Morgan fingerprint density at radius 1 is 1.29 bits per heavy atom. The van der Waals surface area contributed by atoms with Gasteiger partial charge in [0.1, 0.15) is 12.3 Å². The smallest absolute Gasteiger partial charge is 0.312 e. The third kappa shape index (κ3) is 6.34. The zero-order chi connectivity index (χ0) is 22.4. The standard InChI is InChI=1S/C19H28N2O9S/c1-27-14-4-2-13(3-5-14)11-30-17-7-6-15(10-16(17)21(23)24)31(25,26)20-19(22)18-12-28-8-9-29-18/h6-7,10,13-14,18-20,22H,2-5,8-9,11-12H2,1H3. The molecule has 2 unspecified atom stereocenters. The van der Waals surface area contributed by atoms with Gasteiger partial charge in [-0.15, -0.1) is 0 Å². The Labute approximate surface area is 180 Å². The number of aliphatic hydroxyl groups excluding tert-OH is 1. The van der Waals surface area contributed by atoms with Crippen molar-refractivity contribution < 1.29 is 37.4 Å². The minimum atomic E-state index is -4.24. The lowest BCUT2D eigenvalue weighted by atomic mass is 9.88. The van der Waals surface area contributed by atoms with Gasteiger partial charge < -0.3 is 24.1 Å². The maximum Gasteiger partial charge on any atom is 0.312 e. The second-order valence-corrected chi connectivity index (χ2v) is 9.34. The summed E-state index contributed by atoms with van der Waals surface area (Å²) in [4.78, 5) is 10.5. The number of sulfonamides is 1. The number of aliphatic hydroxyl groups is 1. The number of ether oxygens (including phenoxy) is 4. The highest BCUT2D eigenvalue weighted by atomic mass is 32.2. The number of nitro groups is 1. The fraction of sp³-hybridized carbons (Fsp3) is 0.684. The van der Waals surface area contributed by atoms with E-state index in [2.05, 4.69) is 4.72 Å². The van der Waals surface area contributed by atoms with Crippen LogP contribution in [0.4, 0.5) is 5.69 Å². The van der Waals surface area contributed by atoms with Crippen molar-refractivity contribution in [3.8, 4) is 5.75 Å². The van der Waals surface area contributed by atoms with E-state index in [1.54, 1.807) is 7.11 Å².